The first-order valence-electron chi connectivity index (χ1n) is 33.0. The summed E-state index contributed by atoms with van der Waals surface area (Å²) >= 11 is 0. The lowest BCUT2D eigenvalue weighted by Gasteiger charge is -2.35. The molecule has 0 aliphatic rings. The van der Waals surface area contributed by atoms with Gasteiger partial charge in [0, 0.05) is 39.2 Å². The van der Waals surface area contributed by atoms with Gasteiger partial charge in [0.15, 0.2) is 18.0 Å². The fraction of sp³-hybridized carbons (Fsp3) is 0.909. The van der Waals surface area contributed by atoms with Crippen LogP contribution in [-0.2, 0) is 57.2 Å². The first-order valence-corrected chi connectivity index (χ1v) is 34.7. The minimum absolute atomic E-state index is 0.0129. The van der Waals surface area contributed by atoms with Crippen molar-refractivity contribution in [1.82, 2.24) is 0 Å². The average molecular weight is 1140 g/mol. The second-order valence-electron chi connectivity index (χ2n) is 23.2. The Morgan fingerprint density at radius 3 is 0.911 bits per heavy atom. The maximum Gasteiger partial charge on any atom is 0.351 e. The minimum atomic E-state index is -1.96. The number of rotatable bonds is 58. The lowest BCUT2D eigenvalue weighted by atomic mass is 9.96. The Kier molecular flexibility index (Phi) is 52.9. The molecule has 0 saturated carbocycles. The van der Waals surface area contributed by atoms with E-state index in [2.05, 4.69) is 55.4 Å². The summed E-state index contributed by atoms with van der Waals surface area (Å²) in [7, 11) is 1.02. The summed E-state index contributed by atoms with van der Waals surface area (Å²) in [5.41, 5.74) is 0.851. The van der Waals surface area contributed by atoms with Crippen molar-refractivity contribution in [3.8, 4) is 0 Å². The van der Waals surface area contributed by atoms with Crippen LogP contribution in [0.15, 0.2) is 0 Å². The number of methoxy groups -OCH3 is 1. The molecule has 79 heavy (non-hydrogen) atoms. The monoisotopic (exact) mass is 1140 g/mol. The van der Waals surface area contributed by atoms with E-state index in [-0.39, 0.29) is 45.3 Å². The molecule has 0 N–H and O–H groups in total. The van der Waals surface area contributed by atoms with Crippen molar-refractivity contribution in [1.29, 1.82) is 0 Å². The van der Waals surface area contributed by atoms with Crippen molar-refractivity contribution in [2.45, 2.75) is 361 Å². The number of carbonyl (C=O) groups excluding carboxylic acids is 6. The van der Waals surface area contributed by atoms with Crippen molar-refractivity contribution in [2.24, 2.45) is 0 Å². The minimum Gasteiger partial charge on any atom is -0.460 e. The van der Waals surface area contributed by atoms with Gasteiger partial charge in [0.05, 0.1) is 6.61 Å². The lowest BCUT2D eigenvalue weighted by molar-refractivity contribution is -0.207. The highest BCUT2D eigenvalue weighted by Gasteiger charge is 2.50. The summed E-state index contributed by atoms with van der Waals surface area (Å²) < 4.78 is 35.8. The van der Waals surface area contributed by atoms with Gasteiger partial charge in [-0.15, -0.1) is 7.92 Å². The van der Waals surface area contributed by atoms with E-state index in [1.807, 2.05) is 0 Å². The lowest BCUT2D eigenvalue weighted by Crippen LogP contribution is -2.56. The first-order chi connectivity index (χ1) is 38.3. The molecule has 0 aromatic carbocycles. The van der Waals surface area contributed by atoms with Crippen molar-refractivity contribution < 1.29 is 57.2 Å². The number of unbranched alkanes of at least 4 members (excludes halogenated alkanes) is 32. The molecule has 0 heterocycles. The van der Waals surface area contributed by atoms with Crippen LogP contribution in [0.25, 0.3) is 0 Å². The molecule has 464 valence electrons. The number of hydrogen-bond donors (Lipinski definition) is 0. The highest BCUT2D eigenvalue weighted by Crippen LogP contribution is 2.46. The van der Waals surface area contributed by atoms with E-state index >= 15 is 4.79 Å². The first kappa shape index (κ1) is 76.4. The van der Waals surface area contributed by atoms with Gasteiger partial charge in [-0.3, -0.25) is 24.0 Å². The molecule has 0 fully saturated rings. The SMILES string of the molecule is CCCCCCCCCCCC(=O)OC(C(=O)CCCP(C(C)C)C(C)C)C(OC(=O)CCCCCCCCCCC)C(OC(=O)CCCCCCCCCCC)C(OC(=O)CCCCCCCCCCC)C(=O)OCCOC. The van der Waals surface area contributed by atoms with E-state index in [9.17, 15) is 24.0 Å². The quantitative estimate of drug-likeness (QED) is 0.0246. The van der Waals surface area contributed by atoms with Crippen LogP contribution in [0.4, 0.5) is 0 Å². The molecule has 4 atom stereocenters. The normalized spacial score (nSPS) is 13.1. The molecule has 4 unspecified atom stereocenters. The standard InChI is InChI=1S/C66H123O12P/c1-10-14-18-22-26-30-34-38-42-48-58(68)75-62(57(67)47-46-54-79(55(5)6)56(7)8)63(76-59(69)49-43-39-35-31-27-23-19-15-11-2)64(77-60(70)50-44-40-36-32-28-24-20-16-12-3)65(66(72)74-53-52-73-9)78-61(71)51-45-41-37-33-29-25-21-17-13-4/h55-56,62-65H,10-54H2,1-9H3. The van der Waals surface area contributed by atoms with Crippen LogP contribution in [0, 0.1) is 0 Å². The summed E-state index contributed by atoms with van der Waals surface area (Å²) in [6, 6.07) is 0. The van der Waals surface area contributed by atoms with Gasteiger partial charge < -0.3 is 28.4 Å². The number of carbonyl (C=O) groups is 6. The Labute approximate surface area is 486 Å². The predicted octanol–water partition coefficient (Wildman–Crippen LogP) is 18.2. The largest absolute Gasteiger partial charge is 0.460 e. The van der Waals surface area contributed by atoms with Crippen LogP contribution in [0.3, 0.4) is 0 Å². The second kappa shape index (κ2) is 54.6. The predicted molar refractivity (Wildman–Crippen MR) is 326 cm³/mol. The number of Topliss-reactive ketones (excluding diaryl/α,β-unsaturated/α-hetero) is 1. The van der Waals surface area contributed by atoms with E-state index in [1.54, 1.807) is 0 Å². The number of ketones is 1. The Balaban J connectivity index is 7.38. The zero-order valence-corrected chi connectivity index (χ0v) is 53.5. The Morgan fingerprint density at radius 1 is 0.329 bits per heavy atom. The van der Waals surface area contributed by atoms with Crippen LogP contribution in [0.1, 0.15) is 325 Å². The molecule has 0 saturated heterocycles. The average Bonchev–Trinajstić information content (AvgIpc) is 3.44. The Morgan fingerprint density at radius 2 is 0.608 bits per heavy atom. The molecule has 12 nitrogen and oxygen atoms in total. The van der Waals surface area contributed by atoms with Gasteiger partial charge in [0.25, 0.3) is 0 Å². The molecular formula is C66H123O12P. The van der Waals surface area contributed by atoms with Crippen LogP contribution in [-0.4, -0.2) is 97.8 Å². The zero-order valence-electron chi connectivity index (χ0n) is 52.6. The molecule has 0 amide bonds. The summed E-state index contributed by atoms with van der Waals surface area (Å²) in [4.78, 5) is 86.2. The van der Waals surface area contributed by atoms with Gasteiger partial charge in [-0.05, 0) is 49.6 Å². The van der Waals surface area contributed by atoms with Crippen molar-refractivity contribution in [2.75, 3.05) is 26.5 Å². The van der Waals surface area contributed by atoms with Gasteiger partial charge in [0.2, 0.25) is 12.2 Å². The van der Waals surface area contributed by atoms with Gasteiger partial charge in [-0.25, -0.2) is 4.79 Å². The summed E-state index contributed by atoms with van der Waals surface area (Å²) in [6.45, 7) is 17.4. The summed E-state index contributed by atoms with van der Waals surface area (Å²) in [5.74, 6) is -4.37. The molecule has 0 aliphatic heterocycles. The molecule has 0 aromatic heterocycles. The number of esters is 5. The molecule has 0 radical (unpaired) electrons. The number of ether oxygens (including phenoxy) is 6. The topological polar surface area (TPSA) is 158 Å². The third kappa shape index (κ3) is 43.7. The van der Waals surface area contributed by atoms with Crippen LogP contribution in [0.2, 0.25) is 0 Å². The smallest absolute Gasteiger partial charge is 0.351 e. The third-order valence-corrected chi connectivity index (χ3v) is 18.6. The van der Waals surface area contributed by atoms with Gasteiger partial charge >= 0.3 is 29.8 Å². The van der Waals surface area contributed by atoms with Crippen molar-refractivity contribution >= 4 is 43.6 Å². The molecule has 0 bridgehead atoms. The van der Waals surface area contributed by atoms with Gasteiger partial charge in [0.1, 0.15) is 6.61 Å². The second-order valence-corrected chi connectivity index (χ2v) is 26.7. The molecule has 0 rings (SSSR count). The van der Waals surface area contributed by atoms with Crippen LogP contribution < -0.4 is 0 Å². The van der Waals surface area contributed by atoms with Crippen molar-refractivity contribution in [3.05, 3.63) is 0 Å². The summed E-state index contributed by atoms with van der Waals surface area (Å²) in [5, 5.41) is 0. The van der Waals surface area contributed by atoms with E-state index in [1.165, 1.54) is 110 Å². The maximum absolute atomic E-state index is 15.0. The van der Waals surface area contributed by atoms with E-state index in [0.717, 1.165) is 109 Å². The zero-order chi connectivity index (χ0) is 58.6. The van der Waals surface area contributed by atoms with E-state index in [0.29, 0.717) is 43.4 Å². The van der Waals surface area contributed by atoms with Crippen molar-refractivity contribution in [3.63, 3.8) is 0 Å². The van der Waals surface area contributed by atoms with Gasteiger partial charge in [-0.1, -0.05) is 261 Å². The molecule has 13 heteroatoms. The highest BCUT2D eigenvalue weighted by molar-refractivity contribution is 7.59. The highest BCUT2D eigenvalue weighted by atomic mass is 31.1. The Hall–Kier alpha value is -2.59. The molecular weight excluding hydrogens is 1020 g/mol. The molecule has 0 aliphatic carbocycles. The number of hydrogen-bond acceptors (Lipinski definition) is 12. The third-order valence-electron chi connectivity index (χ3n) is 15.2. The molecule has 0 aromatic rings. The fourth-order valence-electron chi connectivity index (χ4n) is 10.3. The van der Waals surface area contributed by atoms with E-state index in [4.69, 9.17) is 28.4 Å². The summed E-state index contributed by atoms with van der Waals surface area (Å²) in [6.07, 6.45) is 30.7. The maximum atomic E-state index is 15.0. The molecule has 0 spiro atoms. The van der Waals surface area contributed by atoms with E-state index < -0.39 is 68.0 Å². The van der Waals surface area contributed by atoms with Crippen LogP contribution >= 0.6 is 7.92 Å². The van der Waals surface area contributed by atoms with Gasteiger partial charge in [-0.2, -0.15) is 0 Å². The Bertz CT molecular complexity index is 1480. The van der Waals surface area contributed by atoms with Crippen LogP contribution in [0.5, 0.6) is 0 Å². The fourth-order valence-corrected chi connectivity index (χ4v) is 13.1.